The van der Waals surface area contributed by atoms with Crippen molar-refractivity contribution in [1.29, 1.82) is 0 Å². The standard InChI is InChI=1S/C23H21N3O4S2/c1-17-7-9-21(10-8-17)32(28,29)25-23-26(11-13-31-23)16-18-4-2-5-19(14-18)22(27)24-15-20-6-3-12-30-20/h2-14H,15-16H2,1H3,(H,24,27)/b25-23-. The molecule has 2 heterocycles. The summed E-state index contributed by atoms with van der Waals surface area (Å²) in [4.78, 5) is 13.0. The van der Waals surface area contributed by atoms with Crippen LogP contribution in [0.3, 0.4) is 0 Å². The average molecular weight is 468 g/mol. The molecule has 0 unspecified atom stereocenters. The molecule has 0 aliphatic heterocycles. The maximum atomic E-state index is 12.7. The van der Waals surface area contributed by atoms with Gasteiger partial charge in [-0.1, -0.05) is 29.8 Å². The number of hydrogen-bond donors (Lipinski definition) is 1. The van der Waals surface area contributed by atoms with E-state index in [-0.39, 0.29) is 10.8 Å². The molecule has 32 heavy (non-hydrogen) atoms. The number of furan rings is 1. The number of amides is 1. The molecular formula is C23H21N3O4S2. The smallest absolute Gasteiger partial charge is 0.285 e. The van der Waals surface area contributed by atoms with Crippen LogP contribution in [0.2, 0.25) is 0 Å². The van der Waals surface area contributed by atoms with Crippen LogP contribution < -0.4 is 10.1 Å². The maximum Gasteiger partial charge on any atom is 0.285 e. The summed E-state index contributed by atoms with van der Waals surface area (Å²) >= 11 is 1.24. The van der Waals surface area contributed by atoms with Gasteiger partial charge in [0.2, 0.25) is 4.80 Å². The molecule has 7 nitrogen and oxygen atoms in total. The van der Waals surface area contributed by atoms with E-state index in [9.17, 15) is 13.2 Å². The summed E-state index contributed by atoms with van der Waals surface area (Å²) in [7, 11) is -3.82. The van der Waals surface area contributed by atoms with Gasteiger partial charge in [0.1, 0.15) is 5.76 Å². The predicted molar refractivity (Wildman–Crippen MR) is 122 cm³/mol. The van der Waals surface area contributed by atoms with Crippen LogP contribution in [0.4, 0.5) is 0 Å². The molecule has 0 spiro atoms. The lowest BCUT2D eigenvalue weighted by Crippen LogP contribution is -2.23. The van der Waals surface area contributed by atoms with E-state index in [0.29, 0.717) is 29.2 Å². The molecule has 9 heteroatoms. The van der Waals surface area contributed by atoms with Crippen molar-refractivity contribution in [2.45, 2.75) is 24.9 Å². The summed E-state index contributed by atoms with van der Waals surface area (Å²) in [6, 6.07) is 17.3. The largest absolute Gasteiger partial charge is 0.467 e. The molecule has 4 aromatic rings. The second-order valence-corrected chi connectivity index (χ2v) is 9.63. The highest BCUT2D eigenvalue weighted by Gasteiger charge is 2.13. The fourth-order valence-corrected chi connectivity index (χ4v) is 5.00. The molecule has 0 saturated heterocycles. The van der Waals surface area contributed by atoms with Gasteiger partial charge in [-0.15, -0.1) is 15.7 Å². The molecule has 0 aliphatic carbocycles. The minimum atomic E-state index is -3.82. The number of benzene rings is 2. The van der Waals surface area contributed by atoms with E-state index in [0.717, 1.165) is 11.1 Å². The Morgan fingerprint density at radius 3 is 2.69 bits per heavy atom. The summed E-state index contributed by atoms with van der Waals surface area (Å²) in [6.45, 7) is 2.58. The van der Waals surface area contributed by atoms with Crippen molar-refractivity contribution in [2.75, 3.05) is 0 Å². The van der Waals surface area contributed by atoms with E-state index in [4.69, 9.17) is 4.42 Å². The molecule has 0 aliphatic rings. The van der Waals surface area contributed by atoms with Crippen molar-refractivity contribution < 1.29 is 17.6 Å². The zero-order chi connectivity index (χ0) is 22.6. The number of sulfonamides is 1. The summed E-state index contributed by atoms with van der Waals surface area (Å²) < 4.78 is 36.4. The van der Waals surface area contributed by atoms with Gasteiger partial charge in [-0.05, 0) is 48.9 Å². The first kappa shape index (κ1) is 21.8. The van der Waals surface area contributed by atoms with E-state index in [1.807, 2.05) is 13.0 Å². The van der Waals surface area contributed by atoms with Gasteiger partial charge in [-0.3, -0.25) is 4.79 Å². The van der Waals surface area contributed by atoms with Crippen molar-refractivity contribution in [3.05, 3.63) is 106 Å². The van der Waals surface area contributed by atoms with Crippen molar-refractivity contribution in [3.8, 4) is 0 Å². The first-order valence-electron chi connectivity index (χ1n) is 9.82. The third kappa shape index (κ3) is 5.24. The highest BCUT2D eigenvalue weighted by atomic mass is 32.2. The molecule has 0 fully saturated rings. The number of aromatic nitrogens is 1. The first-order valence-corrected chi connectivity index (χ1v) is 12.1. The Bertz CT molecular complexity index is 1380. The lowest BCUT2D eigenvalue weighted by atomic mass is 10.1. The second kappa shape index (κ2) is 9.37. The third-order valence-corrected chi connectivity index (χ3v) is 6.91. The van der Waals surface area contributed by atoms with Crippen molar-refractivity contribution in [1.82, 2.24) is 9.88 Å². The van der Waals surface area contributed by atoms with Crippen LogP contribution in [0.1, 0.15) is 27.2 Å². The highest BCUT2D eigenvalue weighted by Crippen LogP contribution is 2.13. The van der Waals surface area contributed by atoms with Crippen LogP contribution in [0.15, 0.2) is 92.2 Å². The number of nitrogens with one attached hydrogen (secondary N) is 1. The zero-order valence-electron chi connectivity index (χ0n) is 17.3. The predicted octanol–water partition coefficient (Wildman–Crippen LogP) is 3.72. The quantitative estimate of drug-likeness (QED) is 0.448. The molecular weight excluding hydrogens is 446 g/mol. The van der Waals surface area contributed by atoms with Crippen LogP contribution in [0, 0.1) is 6.92 Å². The van der Waals surface area contributed by atoms with Crippen LogP contribution in [0.25, 0.3) is 0 Å². The molecule has 0 bridgehead atoms. The lowest BCUT2D eigenvalue weighted by Gasteiger charge is -2.07. The zero-order valence-corrected chi connectivity index (χ0v) is 18.9. The maximum absolute atomic E-state index is 12.7. The Morgan fingerprint density at radius 1 is 1.12 bits per heavy atom. The van der Waals surface area contributed by atoms with Crippen molar-refractivity contribution in [2.24, 2.45) is 4.40 Å². The third-order valence-electron chi connectivity index (χ3n) is 4.72. The Kier molecular flexibility index (Phi) is 6.38. The van der Waals surface area contributed by atoms with Gasteiger partial charge in [0.05, 0.1) is 17.7 Å². The monoisotopic (exact) mass is 467 g/mol. The normalized spacial score (nSPS) is 12.1. The van der Waals surface area contributed by atoms with Gasteiger partial charge >= 0.3 is 0 Å². The van der Waals surface area contributed by atoms with Crippen LogP contribution in [-0.2, 0) is 23.1 Å². The number of carbonyl (C=O) groups excluding carboxylic acids is 1. The van der Waals surface area contributed by atoms with Gasteiger partial charge in [0.15, 0.2) is 0 Å². The Balaban J connectivity index is 1.53. The Labute approximate surface area is 189 Å². The summed E-state index contributed by atoms with van der Waals surface area (Å²) in [5.41, 5.74) is 2.34. The molecule has 1 N–H and O–H groups in total. The van der Waals surface area contributed by atoms with E-state index in [1.165, 1.54) is 11.3 Å². The fourth-order valence-electron chi connectivity index (χ4n) is 3.05. The Hall–Kier alpha value is -3.43. The van der Waals surface area contributed by atoms with Gasteiger partial charge in [-0.25, -0.2) is 0 Å². The summed E-state index contributed by atoms with van der Waals surface area (Å²) in [5.74, 6) is 0.454. The second-order valence-electron chi connectivity index (χ2n) is 7.16. The van der Waals surface area contributed by atoms with Gasteiger partial charge in [-0.2, -0.15) is 8.42 Å². The number of aryl methyl sites for hydroxylation is 1. The topological polar surface area (TPSA) is 93.7 Å². The number of hydrogen-bond acceptors (Lipinski definition) is 5. The number of carbonyl (C=O) groups is 1. The molecule has 0 saturated carbocycles. The summed E-state index contributed by atoms with van der Waals surface area (Å²) in [6.07, 6.45) is 3.33. The molecule has 0 radical (unpaired) electrons. The van der Waals surface area contributed by atoms with E-state index in [1.54, 1.807) is 77.0 Å². The van der Waals surface area contributed by atoms with Crippen LogP contribution in [-0.4, -0.2) is 18.9 Å². The van der Waals surface area contributed by atoms with E-state index in [2.05, 4.69) is 9.71 Å². The van der Waals surface area contributed by atoms with Crippen LogP contribution in [0.5, 0.6) is 0 Å². The van der Waals surface area contributed by atoms with Gasteiger partial charge in [0.25, 0.3) is 15.9 Å². The van der Waals surface area contributed by atoms with Crippen molar-refractivity contribution in [3.63, 3.8) is 0 Å². The number of nitrogens with zero attached hydrogens (tertiary/aromatic N) is 2. The fraction of sp³-hybridized carbons (Fsp3) is 0.130. The SMILES string of the molecule is Cc1ccc(S(=O)(=O)/N=c2\sccn2Cc2cccc(C(=O)NCc3ccco3)c2)cc1. The molecule has 2 aromatic heterocycles. The molecule has 4 rings (SSSR count). The Morgan fingerprint density at radius 2 is 1.94 bits per heavy atom. The minimum absolute atomic E-state index is 0.151. The van der Waals surface area contributed by atoms with E-state index >= 15 is 0 Å². The molecule has 2 aromatic carbocycles. The van der Waals surface area contributed by atoms with Crippen LogP contribution >= 0.6 is 11.3 Å². The average Bonchev–Trinajstić information content (AvgIpc) is 3.45. The molecule has 0 atom stereocenters. The van der Waals surface area contributed by atoms with Crippen molar-refractivity contribution >= 4 is 27.3 Å². The molecule has 164 valence electrons. The summed E-state index contributed by atoms with van der Waals surface area (Å²) in [5, 5.41) is 4.60. The van der Waals surface area contributed by atoms with E-state index < -0.39 is 10.0 Å². The molecule has 1 amide bonds. The lowest BCUT2D eigenvalue weighted by molar-refractivity contribution is 0.0948. The number of thiazole rings is 1. The van der Waals surface area contributed by atoms with Gasteiger partial charge < -0.3 is 14.3 Å². The minimum Gasteiger partial charge on any atom is -0.467 e. The van der Waals surface area contributed by atoms with Gasteiger partial charge in [0, 0.05) is 23.7 Å². The first-order chi connectivity index (χ1) is 15.4. The highest BCUT2D eigenvalue weighted by molar-refractivity contribution is 7.90. The number of rotatable bonds is 7.